The number of amides is 1. The van der Waals surface area contributed by atoms with Crippen molar-refractivity contribution in [1.29, 1.82) is 0 Å². The average molecular weight is 522 g/mol. The fourth-order valence-electron chi connectivity index (χ4n) is 4.16. The van der Waals surface area contributed by atoms with Crippen LogP contribution in [0.4, 0.5) is 34.4 Å². The molecule has 10 heteroatoms. The second-order valence-electron chi connectivity index (χ2n) is 9.96. The molecule has 0 aliphatic rings. The van der Waals surface area contributed by atoms with Gasteiger partial charge in [0.15, 0.2) is 0 Å². The Hall–Kier alpha value is -5.25. The monoisotopic (exact) mass is 521 g/mol. The van der Waals surface area contributed by atoms with Gasteiger partial charge in [-0.05, 0) is 57.2 Å². The smallest absolute Gasteiger partial charge is 0.254 e. The highest BCUT2D eigenvalue weighted by atomic mass is 16.2. The van der Waals surface area contributed by atoms with E-state index in [2.05, 4.69) is 20.9 Å². The van der Waals surface area contributed by atoms with Gasteiger partial charge in [0.25, 0.3) is 16.8 Å². The van der Waals surface area contributed by atoms with Crippen molar-refractivity contribution in [3.63, 3.8) is 0 Å². The van der Waals surface area contributed by atoms with Gasteiger partial charge in [-0.25, -0.2) is 9.67 Å². The summed E-state index contributed by atoms with van der Waals surface area (Å²) in [4.78, 5) is 41.4. The maximum absolute atomic E-state index is 12.7. The Balaban J connectivity index is 1.47. The maximum Gasteiger partial charge on any atom is 0.254 e. The SMILES string of the molecule is CC(C)(C)n1nc(-c2ccc(Nc3c(Nc4ccccc4)c(=O)c3=O)cc2)c(C(N)=O)c1Nc1ccccn1. The minimum atomic E-state index is -0.638. The summed E-state index contributed by atoms with van der Waals surface area (Å²) in [5.74, 6) is 0.345. The molecule has 0 saturated heterocycles. The van der Waals surface area contributed by atoms with E-state index in [1.54, 1.807) is 59.4 Å². The zero-order valence-electron chi connectivity index (χ0n) is 21.6. The molecule has 39 heavy (non-hydrogen) atoms. The number of nitrogens with one attached hydrogen (secondary N) is 3. The molecular weight excluding hydrogens is 494 g/mol. The van der Waals surface area contributed by atoms with Gasteiger partial charge in [-0.15, -0.1) is 0 Å². The van der Waals surface area contributed by atoms with Crippen molar-refractivity contribution >= 4 is 40.3 Å². The first-order chi connectivity index (χ1) is 18.6. The molecule has 0 atom stereocenters. The van der Waals surface area contributed by atoms with E-state index < -0.39 is 22.3 Å². The van der Waals surface area contributed by atoms with Gasteiger partial charge in [-0.3, -0.25) is 14.4 Å². The van der Waals surface area contributed by atoms with Gasteiger partial charge < -0.3 is 21.7 Å². The maximum atomic E-state index is 12.7. The Labute approximate surface area is 224 Å². The van der Waals surface area contributed by atoms with Gasteiger partial charge in [-0.1, -0.05) is 36.4 Å². The molecule has 196 valence electrons. The van der Waals surface area contributed by atoms with Gasteiger partial charge in [0, 0.05) is 23.1 Å². The lowest BCUT2D eigenvalue weighted by Gasteiger charge is -2.23. The van der Waals surface area contributed by atoms with Crippen LogP contribution < -0.4 is 32.5 Å². The van der Waals surface area contributed by atoms with E-state index in [-0.39, 0.29) is 16.9 Å². The average Bonchev–Trinajstić information content (AvgIpc) is 3.32. The summed E-state index contributed by atoms with van der Waals surface area (Å²) in [5.41, 5.74) is 7.16. The molecule has 0 aliphatic carbocycles. The lowest BCUT2D eigenvalue weighted by Crippen LogP contribution is -2.35. The molecule has 5 aromatic rings. The Bertz CT molecular complexity index is 1710. The summed E-state index contributed by atoms with van der Waals surface area (Å²) in [6, 6.07) is 21.6. The van der Waals surface area contributed by atoms with Gasteiger partial charge >= 0.3 is 0 Å². The quantitative estimate of drug-likeness (QED) is 0.216. The molecule has 2 aromatic heterocycles. The van der Waals surface area contributed by atoms with Crippen LogP contribution in [0.1, 0.15) is 31.1 Å². The number of anilines is 6. The van der Waals surface area contributed by atoms with Crippen LogP contribution in [0.3, 0.4) is 0 Å². The van der Waals surface area contributed by atoms with E-state index in [0.29, 0.717) is 34.3 Å². The summed E-state index contributed by atoms with van der Waals surface area (Å²) >= 11 is 0. The van der Waals surface area contributed by atoms with Crippen LogP contribution in [-0.4, -0.2) is 20.7 Å². The van der Waals surface area contributed by atoms with Crippen LogP contribution in [-0.2, 0) is 5.54 Å². The third-order valence-electron chi connectivity index (χ3n) is 6.06. The summed E-state index contributed by atoms with van der Waals surface area (Å²) in [5, 5.41) is 14.0. The molecule has 5 N–H and O–H groups in total. The predicted octanol–water partition coefficient (Wildman–Crippen LogP) is 4.63. The van der Waals surface area contributed by atoms with E-state index in [9.17, 15) is 14.4 Å². The zero-order chi connectivity index (χ0) is 27.7. The lowest BCUT2D eigenvalue weighted by atomic mass is 10.1. The third-order valence-corrected chi connectivity index (χ3v) is 6.06. The number of hydrogen-bond acceptors (Lipinski definition) is 8. The molecule has 0 spiro atoms. The summed E-state index contributed by atoms with van der Waals surface area (Å²) in [6.45, 7) is 5.91. The standard InChI is InChI=1S/C29H27N7O3/c1-29(2,3)36-28(34-20-11-7-8-16-31-20)21(27(30)39)22(35-36)17-12-14-19(15-13-17)33-24-23(25(37)26(24)38)32-18-9-5-4-6-10-18/h4-16,32-33H,1-3H3,(H2,30,39)(H,31,34). The Morgan fingerprint density at radius 1 is 0.795 bits per heavy atom. The van der Waals surface area contributed by atoms with E-state index in [4.69, 9.17) is 10.8 Å². The molecule has 0 radical (unpaired) electrons. The van der Waals surface area contributed by atoms with Crippen molar-refractivity contribution in [2.24, 2.45) is 5.73 Å². The molecule has 5 rings (SSSR count). The number of primary amides is 1. The molecule has 3 aromatic carbocycles. The Kier molecular flexibility index (Phi) is 6.45. The van der Waals surface area contributed by atoms with Crippen LogP contribution in [0.5, 0.6) is 0 Å². The fraction of sp³-hybridized carbons (Fsp3) is 0.138. The van der Waals surface area contributed by atoms with Crippen molar-refractivity contribution < 1.29 is 4.79 Å². The number of benzene rings is 2. The largest absolute Gasteiger partial charge is 0.365 e. The first kappa shape index (κ1) is 25.4. The van der Waals surface area contributed by atoms with E-state index in [1.165, 1.54) is 0 Å². The number of nitrogens with two attached hydrogens (primary N) is 1. The molecule has 0 unspecified atom stereocenters. The normalized spacial score (nSPS) is 11.4. The summed E-state index contributed by atoms with van der Waals surface area (Å²) < 4.78 is 1.72. The Morgan fingerprint density at radius 3 is 1.92 bits per heavy atom. The molecule has 0 bridgehead atoms. The zero-order valence-corrected chi connectivity index (χ0v) is 21.6. The van der Waals surface area contributed by atoms with Crippen molar-refractivity contribution in [1.82, 2.24) is 14.8 Å². The van der Waals surface area contributed by atoms with Crippen molar-refractivity contribution in [3.05, 3.63) is 105 Å². The summed E-state index contributed by atoms with van der Waals surface area (Å²) in [7, 11) is 0. The third kappa shape index (κ3) is 4.99. The number of pyridine rings is 1. The van der Waals surface area contributed by atoms with E-state index in [0.717, 1.165) is 0 Å². The molecule has 0 aliphatic heterocycles. The van der Waals surface area contributed by atoms with Gasteiger partial charge in [0.2, 0.25) is 0 Å². The minimum Gasteiger partial charge on any atom is -0.365 e. The van der Waals surface area contributed by atoms with Crippen LogP contribution >= 0.6 is 0 Å². The first-order valence-electron chi connectivity index (χ1n) is 12.3. The number of rotatable bonds is 8. The highest BCUT2D eigenvalue weighted by molar-refractivity contribution is 6.04. The summed E-state index contributed by atoms with van der Waals surface area (Å²) in [6.07, 6.45) is 1.65. The Morgan fingerprint density at radius 2 is 1.38 bits per heavy atom. The van der Waals surface area contributed by atoms with Crippen LogP contribution in [0.15, 0.2) is 88.6 Å². The molecule has 2 heterocycles. The van der Waals surface area contributed by atoms with E-state index in [1.807, 2.05) is 45.0 Å². The van der Waals surface area contributed by atoms with Crippen LogP contribution in [0, 0.1) is 0 Å². The van der Waals surface area contributed by atoms with Crippen molar-refractivity contribution in [3.8, 4) is 11.3 Å². The van der Waals surface area contributed by atoms with Crippen LogP contribution in [0.25, 0.3) is 11.3 Å². The van der Waals surface area contributed by atoms with Crippen molar-refractivity contribution in [2.45, 2.75) is 26.3 Å². The highest BCUT2D eigenvalue weighted by Gasteiger charge is 2.29. The minimum absolute atomic E-state index is 0.188. The van der Waals surface area contributed by atoms with E-state index >= 15 is 0 Å². The molecular formula is C29H27N7O3. The number of carbonyl (C=O) groups is 1. The topological polar surface area (TPSA) is 144 Å². The number of aromatic nitrogens is 3. The van der Waals surface area contributed by atoms with Crippen LogP contribution in [0.2, 0.25) is 0 Å². The molecule has 0 saturated carbocycles. The van der Waals surface area contributed by atoms with Gasteiger partial charge in [-0.2, -0.15) is 5.10 Å². The number of hydrogen-bond donors (Lipinski definition) is 4. The fourth-order valence-corrected chi connectivity index (χ4v) is 4.16. The number of carbonyl (C=O) groups excluding carboxylic acids is 1. The second-order valence-corrected chi connectivity index (χ2v) is 9.96. The molecule has 10 nitrogen and oxygen atoms in total. The van der Waals surface area contributed by atoms with Gasteiger partial charge in [0.05, 0.1) is 5.54 Å². The number of nitrogens with zero attached hydrogens (tertiary/aromatic N) is 3. The van der Waals surface area contributed by atoms with Gasteiger partial charge in [0.1, 0.15) is 34.3 Å². The predicted molar refractivity (Wildman–Crippen MR) is 153 cm³/mol. The highest BCUT2D eigenvalue weighted by Crippen LogP contribution is 2.35. The number of para-hydroxylation sites is 1. The molecule has 0 fully saturated rings. The molecule has 1 amide bonds. The second kappa shape index (κ2) is 9.90. The van der Waals surface area contributed by atoms with Crippen molar-refractivity contribution in [2.75, 3.05) is 16.0 Å². The lowest BCUT2D eigenvalue weighted by molar-refractivity contribution is 0.100. The first-order valence-corrected chi connectivity index (χ1v) is 12.3.